The van der Waals surface area contributed by atoms with Crippen LogP contribution in [0.5, 0.6) is 0 Å². The molecule has 0 bridgehead atoms. The summed E-state index contributed by atoms with van der Waals surface area (Å²) in [7, 11) is 0. The molecule has 158 valence electrons. The van der Waals surface area contributed by atoms with Crippen LogP contribution in [0.25, 0.3) is 5.65 Å². The molecule has 3 heterocycles. The average molecular weight is 409 g/mol. The minimum atomic E-state index is -4.31. The zero-order chi connectivity index (χ0) is 20.6. The summed E-state index contributed by atoms with van der Waals surface area (Å²) in [6.07, 6.45) is 3.29. The van der Waals surface area contributed by atoms with Gasteiger partial charge in [0.1, 0.15) is 0 Å². The Morgan fingerprint density at radius 3 is 2.72 bits per heavy atom. The number of hydrogen-bond acceptors (Lipinski definition) is 4. The van der Waals surface area contributed by atoms with Crippen molar-refractivity contribution in [3.05, 3.63) is 29.7 Å². The normalized spacial score (nSPS) is 25.2. The maximum Gasteiger partial charge on any atom is 0.393 e. The van der Waals surface area contributed by atoms with E-state index in [0.717, 1.165) is 18.5 Å². The minimum Gasteiger partial charge on any atom is -0.355 e. The van der Waals surface area contributed by atoms with Crippen LogP contribution in [0.15, 0.2) is 18.3 Å². The summed E-state index contributed by atoms with van der Waals surface area (Å²) in [6.45, 7) is -0.352. The molecule has 1 amide bonds. The molecule has 9 heteroatoms. The molecule has 0 aromatic carbocycles. The van der Waals surface area contributed by atoms with E-state index in [4.69, 9.17) is 5.73 Å². The molecule has 2 aromatic rings. The van der Waals surface area contributed by atoms with Gasteiger partial charge in [0.05, 0.1) is 29.5 Å². The summed E-state index contributed by atoms with van der Waals surface area (Å²) in [5, 5.41) is 6.86. The highest BCUT2D eigenvalue weighted by molar-refractivity contribution is 5.79. The van der Waals surface area contributed by atoms with Crippen molar-refractivity contribution in [2.75, 3.05) is 6.54 Å². The molecule has 1 saturated carbocycles. The van der Waals surface area contributed by atoms with Crippen LogP contribution in [0.2, 0.25) is 0 Å². The van der Waals surface area contributed by atoms with Gasteiger partial charge in [-0.25, -0.2) is 9.50 Å². The van der Waals surface area contributed by atoms with Crippen molar-refractivity contribution >= 4 is 11.6 Å². The zero-order valence-electron chi connectivity index (χ0n) is 16.2. The van der Waals surface area contributed by atoms with Gasteiger partial charge >= 0.3 is 6.18 Å². The van der Waals surface area contributed by atoms with Gasteiger partial charge in [0.25, 0.3) is 0 Å². The highest BCUT2D eigenvalue weighted by Gasteiger charge is 2.44. The number of carbonyl (C=O) groups excluding carboxylic acids is 1. The molecular formula is C20H26F3N5O. The molecule has 2 aromatic heterocycles. The number of carbonyl (C=O) groups is 1. The Morgan fingerprint density at radius 2 is 2.00 bits per heavy atom. The molecule has 2 fully saturated rings. The highest BCUT2D eigenvalue weighted by atomic mass is 19.4. The number of halogens is 3. The molecule has 4 rings (SSSR count). The molecule has 1 aliphatic heterocycles. The smallest absolute Gasteiger partial charge is 0.355 e. The Labute approximate surface area is 167 Å². The highest BCUT2D eigenvalue weighted by Crippen LogP contribution is 2.34. The van der Waals surface area contributed by atoms with Crippen LogP contribution >= 0.6 is 0 Å². The molecule has 29 heavy (non-hydrogen) atoms. The lowest BCUT2D eigenvalue weighted by Gasteiger charge is -2.30. The fourth-order valence-corrected chi connectivity index (χ4v) is 4.52. The largest absolute Gasteiger partial charge is 0.393 e. The van der Waals surface area contributed by atoms with Crippen molar-refractivity contribution in [3.63, 3.8) is 0 Å². The SMILES string of the molecule is NC(c1cn2nc(CC3C[C@@H](C(F)(F)F)CNC3=O)ccc2n1)C1CCCCC1. The van der Waals surface area contributed by atoms with Crippen LogP contribution < -0.4 is 11.1 Å². The van der Waals surface area contributed by atoms with Crippen LogP contribution in [0.3, 0.4) is 0 Å². The lowest BCUT2D eigenvalue weighted by molar-refractivity contribution is -0.183. The van der Waals surface area contributed by atoms with Gasteiger partial charge in [-0.15, -0.1) is 0 Å². The number of piperidine rings is 1. The third-order valence-corrected chi connectivity index (χ3v) is 6.27. The summed E-state index contributed by atoms with van der Waals surface area (Å²) in [5.41, 5.74) is 8.43. The number of fused-ring (bicyclic) bond motifs is 1. The molecular weight excluding hydrogens is 383 g/mol. The number of nitrogens with zero attached hydrogens (tertiary/aromatic N) is 3. The summed E-state index contributed by atoms with van der Waals surface area (Å²) in [6, 6.07) is 3.36. The standard InChI is InChI=1S/C20H26F3N5O/c21-20(22,23)14-8-13(19(29)25-10-14)9-15-6-7-17-26-16(11-28(17)27-15)18(24)12-4-2-1-3-5-12/h6-7,11-14,18H,1-5,8-10,24H2,(H,25,29)/t13?,14-,18?/m1/s1. The topological polar surface area (TPSA) is 85.3 Å². The number of amides is 1. The van der Waals surface area contributed by atoms with E-state index in [0.29, 0.717) is 17.3 Å². The quantitative estimate of drug-likeness (QED) is 0.812. The van der Waals surface area contributed by atoms with Crippen LogP contribution in [-0.4, -0.2) is 33.2 Å². The van der Waals surface area contributed by atoms with E-state index in [9.17, 15) is 18.0 Å². The molecule has 1 saturated heterocycles. The Hall–Kier alpha value is -2.16. The van der Waals surface area contributed by atoms with E-state index in [2.05, 4.69) is 15.4 Å². The number of alkyl halides is 3. The first-order valence-electron chi connectivity index (χ1n) is 10.3. The van der Waals surface area contributed by atoms with Crippen LogP contribution in [0, 0.1) is 17.8 Å². The van der Waals surface area contributed by atoms with Gasteiger partial charge in [-0.3, -0.25) is 4.79 Å². The van der Waals surface area contributed by atoms with Gasteiger partial charge in [0.15, 0.2) is 5.65 Å². The van der Waals surface area contributed by atoms with Crippen molar-refractivity contribution in [1.82, 2.24) is 19.9 Å². The third kappa shape index (κ3) is 4.39. The van der Waals surface area contributed by atoms with Crippen LogP contribution in [-0.2, 0) is 11.2 Å². The van der Waals surface area contributed by atoms with Gasteiger partial charge in [-0.1, -0.05) is 19.3 Å². The molecule has 3 atom stereocenters. The fraction of sp³-hybridized carbons (Fsp3) is 0.650. The van der Waals surface area contributed by atoms with E-state index in [1.54, 1.807) is 22.8 Å². The van der Waals surface area contributed by atoms with E-state index in [1.165, 1.54) is 19.3 Å². The van der Waals surface area contributed by atoms with Crippen molar-refractivity contribution in [3.8, 4) is 0 Å². The first kappa shape index (κ1) is 20.1. The molecule has 2 unspecified atom stereocenters. The summed E-state index contributed by atoms with van der Waals surface area (Å²) in [5.74, 6) is -2.19. The number of nitrogens with two attached hydrogens (primary N) is 1. The number of rotatable bonds is 4. The molecule has 0 radical (unpaired) electrons. The molecule has 1 aliphatic carbocycles. The minimum absolute atomic E-state index is 0.142. The van der Waals surface area contributed by atoms with Gasteiger partial charge in [-0.05, 0) is 37.3 Å². The second-order valence-electron chi connectivity index (χ2n) is 8.34. The predicted molar refractivity (Wildman–Crippen MR) is 101 cm³/mol. The first-order valence-corrected chi connectivity index (χ1v) is 10.3. The first-order chi connectivity index (χ1) is 13.8. The maximum atomic E-state index is 13.0. The Bertz CT molecular complexity index is 875. The second-order valence-corrected chi connectivity index (χ2v) is 8.34. The number of imidazole rings is 1. The average Bonchev–Trinajstić information content (AvgIpc) is 3.12. The van der Waals surface area contributed by atoms with E-state index in [-0.39, 0.29) is 31.3 Å². The van der Waals surface area contributed by atoms with E-state index >= 15 is 0 Å². The monoisotopic (exact) mass is 409 g/mol. The summed E-state index contributed by atoms with van der Waals surface area (Å²) >= 11 is 0. The number of aromatic nitrogens is 3. The van der Waals surface area contributed by atoms with Crippen LogP contribution in [0.4, 0.5) is 13.2 Å². The number of hydrogen-bond donors (Lipinski definition) is 2. The fourth-order valence-electron chi connectivity index (χ4n) is 4.52. The Morgan fingerprint density at radius 1 is 1.24 bits per heavy atom. The number of nitrogens with one attached hydrogen (secondary N) is 1. The van der Waals surface area contributed by atoms with Crippen LogP contribution in [0.1, 0.15) is 56.0 Å². The van der Waals surface area contributed by atoms with Crippen molar-refractivity contribution in [2.45, 2.75) is 57.2 Å². The van der Waals surface area contributed by atoms with E-state index in [1.807, 2.05) is 0 Å². The predicted octanol–water partition coefficient (Wildman–Crippen LogP) is 3.17. The lowest BCUT2D eigenvalue weighted by atomic mass is 9.83. The molecule has 6 nitrogen and oxygen atoms in total. The lowest BCUT2D eigenvalue weighted by Crippen LogP contribution is -2.47. The molecule has 3 N–H and O–H groups in total. The van der Waals surface area contributed by atoms with Gasteiger partial charge < -0.3 is 11.1 Å². The molecule has 2 aliphatic rings. The van der Waals surface area contributed by atoms with Gasteiger partial charge in [0, 0.05) is 18.9 Å². The summed E-state index contributed by atoms with van der Waals surface area (Å²) < 4.78 is 40.7. The van der Waals surface area contributed by atoms with Crippen molar-refractivity contribution in [2.24, 2.45) is 23.5 Å². The van der Waals surface area contributed by atoms with E-state index < -0.39 is 18.0 Å². The second kappa shape index (κ2) is 7.93. The van der Waals surface area contributed by atoms with Gasteiger partial charge in [-0.2, -0.15) is 18.3 Å². The zero-order valence-corrected chi connectivity index (χ0v) is 16.2. The Kier molecular flexibility index (Phi) is 5.50. The maximum absolute atomic E-state index is 13.0. The van der Waals surface area contributed by atoms with Crippen molar-refractivity contribution in [1.29, 1.82) is 0 Å². The third-order valence-electron chi connectivity index (χ3n) is 6.27. The Balaban J connectivity index is 1.49. The summed E-state index contributed by atoms with van der Waals surface area (Å²) in [4.78, 5) is 16.6. The van der Waals surface area contributed by atoms with Gasteiger partial charge in [0.2, 0.25) is 5.91 Å². The van der Waals surface area contributed by atoms with Crippen molar-refractivity contribution < 1.29 is 18.0 Å². The molecule has 0 spiro atoms.